The zero-order valence-corrected chi connectivity index (χ0v) is 14.4. The second-order valence-electron chi connectivity index (χ2n) is 4.80. The highest BCUT2D eigenvalue weighted by Crippen LogP contribution is 2.16. The second-order valence-corrected chi connectivity index (χ2v) is 5.72. The van der Waals surface area contributed by atoms with Crippen LogP contribution in [0.15, 0.2) is 40.5 Å². The summed E-state index contributed by atoms with van der Waals surface area (Å²) < 4.78 is 11.1. The average Bonchev–Trinajstić information content (AvgIpc) is 2.91. The Bertz CT molecular complexity index is 664. The molecule has 1 N–H and O–H groups in total. The number of imidazole rings is 1. The summed E-state index contributed by atoms with van der Waals surface area (Å²) in [5.41, 5.74) is 2.89. The third-order valence-corrected chi connectivity index (χ3v) is 3.54. The van der Waals surface area contributed by atoms with Gasteiger partial charge in [-0.3, -0.25) is 0 Å². The highest BCUT2D eigenvalue weighted by molar-refractivity contribution is 9.10. The lowest BCUT2D eigenvalue weighted by Crippen LogP contribution is -1.93. The first kappa shape index (κ1) is 16.9. The molecule has 0 fully saturated rings. The first-order valence-electron chi connectivity index (χ1n) is 7.06. The van der Waals surface area contributed by atoms with Crippen LogP contribution in [0.5, 0.6) is 0 Å². The van der Waals surface area contributed by atoms with Crippen molar-refractivity contribution in [3.05, 3.63) is 46.4 Å². The van der Waals surface area contributed by atoms with Crippen LogP contribution in [0.25, 0.3) is 11.2 Å². The number of methoxy groups -OCH3 is 2. The predicted molar refractivity (Wildman–Crippen MR) is 90.9 cm³/mol. The number of pyridine rings is 1. The fourth-order valence-corrected chi connectivity index (χ4v) is 2.38. The van der Waals surface area contributed by atoms with Gasteiger partial charge in [0.25, 0.3) is 0 Å². The molecule has 2 heterocycles. The predicted octanol–water partition coefficient (Wildman–Crippen LogP) is 3.43. The number of allylic oxidation sites excluding steroid dienone is 2. The topological polar surface area (TPSA) is 60.0 Å². The van der Waals surface area contributed by atoms with Crippen molar-refractivity contribution in [2.24, 2.45) is 0 Å². The van der Waals surface area contributed by atoms with Gasteiger partial charge in [0.2, 0.25) is 0 Å². The summed E-state index contributed by atoms with van der Waals surface area (Å²) in [4.78, 5) is 12.1. The Balaban J connectivity index is 2.03. The number of aryl methyl sites for hydroxylation is 1. The third-order valence-electron chi connectivity index (χ3n) is 3.11. The standard InChI is InChI=1S/C16H20BrN3O2/c1-21-8-3-4-12(7-9-22-2)5-6-15-19-14-10-13(17)11-18-16(14)20-15/h3-4,7,10-11H,5-6,8-9H2,1-2H3,(H,18,19,20)/b4-3-,12-7+. The summed E-state index contributed by atoms with van der Waals surface area (Å²) in [5.74, 6) is 0.934. The van der Waals surface area contributed by atoms with Crippen LogP contribution in [0.2, 0.25) is 0 Å². The van der Waals surface area contributed by atoms with Crippen LogP contribution in [0, 0.1) is 0 Å². The van der Waals surface area contributed by atoms with Crippen LogP contribution < -0.4 is 0 Å². The van der Waals surface area contributed by atoms with Crippen LogP contribution in [0.3, 0.4) is 0 Å². The Kier molecular flexibility index (Phi) is 6.76. The van der Waals surface area contributed by atoms with E-state index in [0.29, 0.717) is 13.2 Å². The summed E-state index contributed by atoms with van der Waals surface area (Å²) in [7, 11) is 3.37. The number of fused-ring (bicyclic) bond motifs is 1. The van der Waals surface area contributed by atoms with Crippen LogP contribution in [-0.4, -0.2) is 42.4 Å². The van der Waals surface area contributed by atoms with E-state index in [4.69, 9.17) is 9.47 Å². The monoisotopic (exact) mass is 365 g/mol. The number of hydrogen-bond donors (Lipinski definition) is 1. The van der Waals surface area contributed by atoms with Crippen molar-refractivity contribution in [3.63, 3.8) is 0 Å². The number of nitrogens with zero attached hydrogens (tertiary/aromatic N) is 2. The van der Waals surface area contributed by atoms with Gasteiger partial charge in [0.05, 0.1) is 18.7 Å². The molecule has 0 unspecified atom stereocenters. The first-order valence-corrected chi connectivity index (χ1v) is 7.86. The molecular weight excluding hydrogens is 346 g/mol. The summed E-state index contributed by atoms with van der Waals surface area (Å²) >= 11 is 3.41. The van der Waals surface area contributed by atoms with E-state index in [1.165, 1.54) is 5.57 Å². The van der Waals surface area contributed by atoms with E-state index in [1.54, 1.807) is 20.4 Å². The normalized spacial score (nSPS) is 12.6. The number of hydrogen-bond acceptors (Lipinski definition) is 4. The Hall–Kier alpha value is -1.50. The molecule has 5 nitrogen and oxygen atoms in total. The van der Waals surface area contributed by atoms with Gasteiger partial charge in [-0.15, -0.1) is 0 Å². The third kappa shape index (κ3) is 5.05. The summed E-state index contributed by atoms with van der Waals surface area (Å²) in [6.45, 7) is 1.20. The maximum Gasteiger partial charge on any atom is 0.177 e. The van der Waals surface area contributed by atoms with Crippen molar-refractivity contribution in [1.29, 1.82) is 0 Å². The molecule has 22 heavy (non-hydrogen) atoms. The lowest BCUT2D eigenvalue weighted by molar-refractivity contribution is 0.232. The Morgan fingerprint density at radius 3 is 2.91 bits per heavy atom. The van der Waals surface area contributed by atoms with E-state index in [0.717, 1.165) is 34.3 Å². The van der Waals surface area contributed by atoms with Gasteiger partial charge < -0.3 is 14.5 Å². The number of ether oxygens (including phenoxy) is 2. The molecule has 2 aromatic heterocycles. The molecule has 0 aliphatic carbocycles. The van der Waals surface area contributed by atoms with Gasteiger partial charge in [-0.2, -0.15) is 0 Å². The highest BCUT2D eigenvalue weighted by atomic mass is 79.9. The molecule has 0 amide bonds. The van der Waals surface area contributed by atoms with Gasteiger partial charge in [-0.05, 0) is 34.0 Å². The SMILES string of the molecule is COC/C=C\C(=C/COC)CCc1nc2ncc(Br)cc2[nH]1. The Labute approximate surface area is 138 Å². The fraction of sp³-hybridized carbons (Fsp3) is 0.375. The largest absolute Gasteiger partial charge is 0.381 e. The lowest BCUT2D eigenvalue weighted by atomic mass is 10.1. The van der Waals surface area contributed by atoms with Crippen LogP contribution >= 0.6 is 15.9 Å². The van der Waals surface area contributed by atoms with Crippen LogP contribution in [0.4, 0.5) is 0 Å². The molecular formula is C16H20BrN3O2. The van der Waals surface area contributed by atoms with Gasteiger partial charge in [-0.1, -0.05) is 18.2 Å². The van der Waals surface area contributed by atoms with Gasteiger partial charge in [0, 0.05) is 31.3 Å². The summed E-state index contributed by atoms with van der Waals surface area (Å²) in [5, 5.41) is 0. The van der Waals surface area contributed by atoms with Crippen molar-refractivity contribution < 1.29 is 9.47 Å². The van der Waals surface area contributed by atoms with Gasteiger partial charge in [0.15, 0.2) is 5.65 Å². The van der Waals surface area contributed by atoms with Crippen molar-refractivity contribution in [2.75, 3.05) is 27.4 Å². The maximum atomic E-state index is 5.11. The van der Waals surface area contributed by atoms with E-state index >= 15 is 0 Å². The smallest absolute Gasteiger partial charge is 0.177 e. The minimum atomic E-state index is 0.599. The number of rotatable bonds is 8. The molecule has 6 heteroatoms. The first-order chi connectivity index (χ1) is 10.7. The quantitative estimate of drug-likeness (QED) is 0.728. The van der Waals surface area contributed by atoms with Crippen molar-refractivity contribution in [3.8, 4) is 0 Å². The van der Waals surface area contributed by atoms with E-state index in [9.17, 15) is 0 Å². The Morgan fingerprint density at radius 2 is 2.14 bits per heavy atom. The van der Waals surface area contributed by atoms with Gasteiger partial charge in [0.1, 0.15) is 5.82 Å². The maximum absolute atomic E-state index is 5.11. The zero-order valence-electron chi connectivity index (χ0n) is 12.8. The van der Waals surface area contributed by atoms with E-state index in [2.05, 4.69) is 43.0 Å². The molecule has 0 aliphatic heterocycles. The van der Waals surface area contributed by atoms with Gasteiger partial charge >= 0.3 is 0 Å². The molecule has 0 radical (unpaired) electrons. The second kappa shape index (κ2) is 8.82. The van der Waals surface area contributed by atoms with E-state index in [-0.39, 0.29) is 0 Å². The molecule has 2 aromatic rings. The molecule has 118 valence electrons. The van der Waals surface area contributed by atoms with E-state index in [1.807, 2.05) is 12.1 Å². The molecule has 2 rings (SSSR count). The molecule has 0 aromatic carbocycles. The van der Waals surface area contributed by atoms with Crippen molar-refractivity contribution >= 4 is 27.1 Å². The highest BCUT2D eigenvalue weighted by Gasteiger charge is 2.05. The Morgan fingerprint density at radius 1 is 1.32 bits per heavy atom. The molecule has 0 aliphatic rings. The molecule has 0 bridgehead atoms. The summed E-state index contributed by atoms with van der Waals surface area (Å²) in [6, 6.07) is 1.99. The van der Waals surface area contributed by atoms with Crippen LogP contribution in [0.1, 0.15) is 12.2 Å². The average molecular weight is 366 g/mol. The number of halogens is 1. The number of aromatic nitrogens is 3. The van der Waals surface area contributed by atoms with Crippen molar-refractivity contribution in [2.45, 2.75) is 12.8 Å². The number of aromatic amines is 1. The summed E-state index contributed by atoms with van der Waals surface area (Å²) in [6.07, 6.45) is 9.60. The molecule has 0 spiro atoms. The molecule has 0 atom stereocenters. The number of H-pyrrole nitrogens is 1. The number of nitrogens with one attached hydrogen (secondary N) is 1. The van der Waals surface area contributed by atoms with E-state index < -0.39 is 0 Å². The fourth-order valence-electron chi connectivity index (χ4n) is 2.05. The van der Waals surface area contributed by atoms with Gasteiger partial charge in [-0.25, -0.2) is 9.97 Å². The van der Waals surface area contributed by atoms with Crippen molar-refractivity contribution in [1.82, 2.24) is 15.0 Å². The minimum Gasteiger partial charge on any atom is -0.381 e. The minimum absolute atomic E-state index is 0.599. The lowest BCUT2D eigenvalue weighted by Gasteiger charge is -2.01. The molecule has 0 saturated heterocycles. The molecule has 0 saturated carbocycles. The van der Waals surface area contributed by atoms with Crippen LogP contribution in [-0.2, 0) is 15.9 Å². The zero-order chi connectivity index (χ0) is 15.8.